The van der Waals surface area contributed by atoms with Crippen molar-refractivity contribution in [2.45, 2.75) is 32.1 Å². The number of carbonyl (C=O) groups is 1. The van der Waals surface area contributed by atoms with Crippen molar-refractivity contribution in [3.63, 3.8) is 0 Å². The first-order valence-electron chi connectivity index (χ1n) is 11.1. The lowest BCUT2D eigenvalue weighted by Crippen LogP contribution is -2.30. The number of aliphatic carboxylic acids is 1. The molecule has 0 aliphatic rings. The van der Waals surface area contributed by atoms with E-state index in [-0.39, 0.29) is 16.2 Å². The lowest BCUT2D eigenvalue weighted by Gasteiger charge is -2.18. The summed E-state index contributed by atoms with van der Waals surface area (Å²) in [6.45, 7) is 6.47. The molecule has 2 N–H and O–H groups in total. The van der Waals surface area contributed by atoms with Crippen molar-refractivity contribution in [1.29, 1.82) is 0 Å². The Labute approximate surface area is 203 Å². The molecule has 2 aromatic carbocycles. The van der Waals surface area contributed by atoms with Crippen LogP contribution in [0.1, 0.15) is 32.0 Å². The second-order valence-electron chi connectivity index (χ2n) is 7.46. The zero-order chi connectivity index (χ0) is 25.6. The minimum atomic E-state index is -3.65. The van der Waals surface area contributed by atoms with Crippen molar-refractivity contribution in [1.82, 2.24) is 14.1 Å². The zero-order valence-corrected chi connectivity index (χ0v) is 20.6. The molecule has 1 heterocycles. The second-order valence-corrected chi connectivity index (χ2v) is 9.40. The largest absolute Gasteiger partial charge is 0.492 e. The summed E-state index contributed by atoms with van der Waals surface area (Å²) in [7, 11) is -3.65. The summed E-state index contributed by atoms with van der Waals surface area (Å²) in [6.07, 6.45) is 0.885. The fraction of sp³-hybridized carbons (Fsp3) is 0.292. The maximum absolute atomic E-state index is 13.2. The maximum atomic E-state index is 13.2. The molecule has 11 heteroatoms. The number of nitrogens with zero attached hydrogens (tertiary/aromatic N) is 3. The predicted octanol–water partition coefficient (Wildman–Crippen LogP) is 2.97. The number of hydrogen-bond donors (Lipinski definition) is 2. The van der Waals surface area contributed by atoms with Crippen LogP contribution in [-0.4, -0.2) is 59.5 Å². The highest BCUT2D eigenvalue weighted by molar-refractivity contribution is 7.89. The van der Waals surface area contributed by atoms with Crippen molar-refractivity contribution in [3.05, 3.63) is 70.1 Å². The molecule has 0 saturated carbocycles. The molecule has 0 amide bonds. The Morgan fingerprint density at radius 2 is 1.77 bits per heavy atom. The zero-order valence-electron chi connectivity index (χ0n) is 19.8. The number of aromatic nitrogens is 2. The fourth-order valence-corrected chi connectivity index (χ4v) is 5.01. The summed E-state index contributed by atoms with van der Waals surface area (Å²) < 4.78 is 33.5. The van der Waals surface area contributed by atoms with Crippen LogP contribution >= 0.6 is 0 Å². The quantitative estimate of drug-likeness (QED) is 0.389. The van der Waals surface area contributed by atoms with Crippen molar-refractivity contribution >= 4 is 27.9 Å². The summed E-state index contributed by atoms with van der Waals surface area (Å²) in [6, 6.07) is 12.9. The van der Waals surface area contributed by atoms with Gasteiger partial charge in [0.05, 0.1) is 34.9 Å². The van der Waals surface area contributed by atoms with Crippen LogP contribution in [-0.2, 0) is 21.2 Å². The lowest BCUT2D eigenvalue weighted by molar-refractivity contribution is -0.136. The van der Waals surface area contributed by atoms with Gasteiger partial charge in [0.15, 0.2) is 0 Å². The van der Waals surface area contributed by atoms with Crippen molar-refractivity contribution in [2.24, 2.45) is 4.99 Å². The van der Waals surface area contributed by atoms with Crippen LogP contribution in [0.3, 0.4) is 0 Å². The van der Waals surface area contributed by atoms with Crippen molar-refractivity contribution in [2.75, 3.05) is 19.7 Å². The van der Waals surface area contributed by atoms with Gasteiger partial charge in [-0.05, 0) is 43.3 Å². The Bertz CT molecular complexity index is 1370. The number of hydrogen-bond acceptors (Lipinski definition) is 6. The standard InChI is InChI=1S/C24H28N4O6S/c1-4-27(5-2)35(32,33)18-13-11-17(12-14-18)28-24(31)19(21(26-28)15-23(29)30)16-25-20-9-7-8-10-22(20)34-6-3/h7-14,16,26H,4-6,15H2,1-3H3,(H,29,30). The van der Waals surface area contributed by atoms with E-state index < -0.39 is 28.0 Å². The highest BCUT2D eigenvalue weighted by Gasteiger charge is 2.22. The average molecular weight is 501 g/mol. The van der Waals surface area contributed by atoms with Gasteiger partial charge in [-0.15, -0.1) is 0 Å². The number of carboxylic acid groups (broad SMARTS) is 1. The second kappa shape index (κ2) is 11.2. The Morgan fingerprint density at radius 1 is 1.11 bits per heavy atom. The summed E-state index contributed by atoms with van der Waals surface area (Å²) >= 11 is 0. The molecule has 186 valence electrons. The van der Waals surface area contributed by atoms with E-state index in [2.05, 4.69) is 10.1 Å². The van der Waals surface area contributed by atoms with Gasteiger partial charge in [-0.1, -0.05) is 26.0 Å². The van der Waals surface area contributed by atoms with Crippen LogP contribution in [0.5, 0.6) is 5.75 Å². The van der Waals surface area contributed by atoms with Crippen LogP contribution in [0.25, 0.3) is 5.69 Å². The van der Waals surface area contributed by atoms with Gasteiger partial charge < -0.3 is 9.84 Å². The number of nitrogens with one attached hydrogen (secondary N) is 1. The molecule has 10 nitrogen and oxygen atoms in total. The first-order valence-corrected chi connectivity index (χ1v) is 12.6. The van der Waals surface area contributed by atoms with Gasteiger partial charge in [-0.3, -0.25) is 19.7 Å². The predicted molar refractivity (Wildman–Crippen MR) is 133 cm³/mol. The molecule has 0 unspecified atom stereocenters. The third-order valence-electron chi connectivity index (χ3n) is 5.27. The SMILES string of the molecule is CCOc1ccccc1N=Cc1c(CC(=O)O)[nH]n(-c2ccc(S(=O)(=O)N(CC)CC)cc2)c1=O. The van der Waals surface area contributed by atoms with E-state index >= 15 is 0 Å². The van der Waals surface area contributed by atoms with Gasteiger partial charge in [0.2, 0.25) is 10.0 Å². The van der Waals surface area contributed by atoms with Crippen LogP contribution in [0.15, 0.2) is 63.2 Å². The number of carboxylic acids is 1. The number of benzene rings is 2. The number of H-pyrrole nitrogens is 1. The minimum Gasteiger partial charge on any atom is -0.492 e. The highest BCUT2D eigenvalue weighted by Crippen LogP contribution is 2.26. The molecular formula is C24H28N4O6S. The Kier molecular flexibility index (Phi) is 8.26. The molecule has 0 spiro atoms. The Balaban J connectivity index is 2.03. The monoisotopic (exact) mass is 500 g/mol. The van der Waals surface area contributed by atoms with Crippen LogP contribution in [0.4, 0.5) is 5.69 Å². The molecule has 0 bridgehead atoms. The van der Waals surface area contributed by atoms with Gasteiger partial charge in [-0.25, -0.2) is 13.1 Å². The third kappa shape index (κ3) is 5.69. The number of aliphatic imine (C=N–C) groups is 1. The molecule has 0 radical (unpaired) electrons. The van der Waals surface area contributed by atoms with Crippen molar-refractivity contribution in [3.8, 4) is 11.4 Å². The summed E-state index contributed by atoms with van der Waals surface area (Å²) in [5, 5.41) is 12.1. The first kappa shape index (κ1) is 25.9. The maximum Gasteiger partial charge on any atom is 0.309 e. The molecule has 0 fully saturated rings. The highest BCUT2D eigenvalue weighted by atomic mass is 32.2. The van der Waals surface area contributed by atoms with Crippen LogP contribution < -0.4 is 10.3 Å². The lowest BCUT2D eigenvalue weighted by atomic mass is 10.2. The third-order valence-corrected chi connectivity index (χ3v) is 7.33. The van der Waals surface area contributed by atoms with E-state index in [1.165, 1.54) is 39.5 Å². The van der Waals surface area contributed by atoms with E-state index in [4.69, 9.17) is 4.74 Å². The molecule has 0 saturated heterocycles. The van der Waals surface area contributed by atoms with E-state index in [0.29, 0.717) is 36.8 Å². The van der Waals surface area contributed by atoms with Gasteiger partial charge in [0, 0.05) is 19.3 Å². The van der Waals surface area contributed by atoms with Crippen molar-refractivity contribution < 1.29 is 23.1 Å². The van der Waals surface area contributed by atoms with E-state index in [1.54, 1.807) is 38.1 Å². The van der Waals surface area contributed by atoms with Gasteiger partial charge >= 0.3 is 5.97 Å². The smallest absolute Gasteiger partial charge is 0.309 e. The topological polar surface area (TPSA) is 134 Å². The Morgan fingerprint density at radius 3 is 2.37 bits per heavy atom. The number of ether oxygens (including phenoxy) is 1. The number of para-hydroxylation sites is 2. The number of sulfonamides is 1. The number of aromatic amines is 1. The van der Waals surface area contributed by atoms with E-state index in [1.807, 2.05) is 6.92 Å². The molecule has 0 atom stereocenters. The number of rotatable bonds is 11. The average Bonchev–Trinajstić information content (AvgIpc) is 3.13. The molecule has 3 rings (SSSR count). The summed E-state index contributed by atoms with van der Waals surface area (Å²) in [5.41, 5.74) is 0.583. The summed E-state index contributed by atoms with van der Waals surface area (Å²) in [5.74, 6) is -0.588. The molecule has 3 aromatic rings. The molecule has 1 aromatic heterocycles. The van der Waals surface area contributed by atoms with Gasteiger partial charge in [-0.2, -0.15) is 4.31 Å². The van der Waals surface area contributed by atoms with Crippen LogP contribution in [0, 0.1) is 0 Å². The fourth-order valence-electron chi connectivity index (χ4n) is 3.55. The van der Waals surface area contributed by atoms with E-state index in [9.17, 15) is 23.1 Å². The minimum absolute atomic E-state index is 0.0820. The normalized spacial score (nSPS) is 11.9. The molecule has 35 heavy (non-hydrogen) atoms. The summed E-state index contributed by atoms with van der Waals surface area (Å²) in [4.78, 5) is 29.0. The van der Waals surface area contributed by atoms with Gasteiger partial charge in [0.1, 0.15) is 11.4 Å². The molecular weight excluding hydrogens is 472 g/mol. The first-order chi connectivity index (χ1) is 16.7. The molecule has 0 aliphatic carbocycles. The molecule has 0 aliphatic heterocycles. The van der Waals surface area contributed by atoms with Gasteiger partial charge in [0.25, 0.3) is 5.56 Å². The van der Waals surface area contributed by atoms with E-state index in [0.717, 1.165) is 0 Å². The Hall–Kier alpha value is -3.70. The van der Waals surface area contributed by atoms with Crippen LogP contribution in [0.2, 0.25) is 0 Å².